The van der Waals surface area contributed by atoms with Crippen molar-refractivity contribution in [2.24, 2.45) is 5.73 Å². The molecular weight excluding hydrogens is 300 g/mol. The highest BCUT2D eigenvalue weighted by Gasteiger charge is 2.47. The number of hydrogen-bond donors (Lipinski definition) is 2. The van der Waals surface area contributed by atoms with Gasteiger partial charge in [0.1, 0.15) is 0 Å². The number of carbonyl (C=O) groups is 1. The van der Waals surface area contributed by atoms with Gasteiger partial charge in [0.25, 0.3) is 0 Å². The first-order valence-electron chi connectivity index (χ1n) is 8.35. The lowest BCUT2D eigenvalue weighted by Gasteiger charge is -2.42. The van der Waals surface area contributed by atoms with Crippen molar-refractivity contribution in [3.8, 4) is 0 Å². The molecule has 1 aliphatic carbocycles. The van der Waals surface area contributed by atoms with Crippen LogP contribution in [-0.2, 0) is 10.2 Å². The Labute approximate surface area is 140 Å². The third-order valence-electron chi connectivity index (χ3n) is 5.39. The first-order chi connectivity index (χ1) is 11.7. The molecule has 5 nitrogen and oxygen atoms in total. The van der Waals surface area contributed by atoms with E-state index in [2.05, 4.69) is 27.3 Å². The van der Waals surface area contributed by atoms with Crippen molar-refractivity contribution in [2.45, 2.75) is 37.0 Å². The maximum absolute atomic E-state index is 12.7. The molecule has 4 rings (SSSR count). The van der Waals surface area contributed by atoms with Crippen LogP contribution in [-0.4, -0.2) is 21.1 Å². The minimum absolute atomic E-state index is 0.0572. The fourth-order valence-corrected chi connectivity index (χ4v) is 4.21. The van der Waals surface area contributed by atoms with Crippen LogP contribution in [0.1, 0.15) is 42.7 Å². The number of primary amides is 1. The maximum Gasteiger partial charge on any atom is 0.228 e. The normalized spacial score (nSPS) is 24.1. The predicted molar refractivity (Wildman–Crippen MR) is 92.4 cm³/mol. The summed E-state index contributed by atoms with van der Waals surface area (Å²) in [5.74, 6) is -0.194. The summed E-state index contributed by atoms with van der Waals surface area (Å²) in [6, 6.07) is 10.0. The van der Waals surface area contributed by atoms with Crippen molar-refractivity contribution >= 4 is 16.8 Å². The van der Waals surface area contributed by atoms with Crippen molar-refractivity contribution in [3.05, 3.63) is 60.0 Å². The van der Waals surface area contributed by atoms with Crippen LogP contribution in [0.25, 0.3) is 10.9 Å². The van der Waals surface area contributed by atoms with E-state index in [-0.39, 0.29) is 11.8 Å². The van der Waals surface area contributed by atoms with Crippen LogP contribution in [0, 0.1) is 0 Å². The van der Waals surface area contributed by atoms with Crippen LogP contribution in [0.5, 0.6) is 0 Å². The Kier molecular flexibility index (Phi) is 3.56. The maximum atomic E-state index is 12.7. The molecule has 3 N–H and O–H groups in total. The number of amides is 1. The van der Waals surface area contributed by atoms with Gasteiger partial charge in [-0.3, -0.25) is 14.9 Å². The molecule has 2 unspecified atom stereocenters. The van der Waals surface area contributed by atoms with Crippen LogP contribution in [0.15, 0.2) is 48.9 Å². The second-order valence-electron chi connectivity index (χ2n) is 6.59. The molecule has 0 spiro atoms. The number of benzene rings is 1. The fraction of sp³-hybridized carbons (Fsp3) is 0.316. The molecule has 1 aliphatic rings. The van der Waals surface area contributed by atoms with Crippen molar-refractivity contribution in [2.75, 3.05) is 0 Å². The second kappa shape index (κ2) is 5.74. The van der Waals surface area contributed by atoms with Crippen LogP contribution in [0.2, 0.25) is 0 Å². The number of hydrogen-bond acceptors (Lipinski definition) is 3. The highest BCUT2D eigenvalue weighted by Crippen LogP contribution is 2.49. The quantitative estimate of drug-likeness (QED) is 0.778. The number of nitrogens with one attached hydrogen (secondary N) is 1. The molecule has 2 heterocycles. The lowest BCUT2D eigenvalue weighted by atomic mass is 9.60. The first kappa shape index (κ1) is 14.9. The van der Waals surface area contributed by atoms with Gasteiger partial charge in [-0.2, -0.15) is 5.10 Å². The highest BCUT2D eigenvalue weighted by atomic mass is 16.1. The van der Waals surface area contributed by atoms with E-state index < -0.39 is 5.41 Å². The van der Waals surface area contributed by atoms with Crippen molar-refractivity contribution in [3.63, 3.8) is 0 Å². The van der Waals surface area contributed by atoms with Crippen LogP contribution in [0.3, 0.4) is 0 Å². The van der Waals surface area contributed by atoms with Gasteiger partial charge in [0.15, 0.2) is 0 Å². The SMILES string of the molecule is NC(=O)C1(c2ccc3[nH]ncc3c2)CCCCC1c1cccnc1. The van der Waals surface area contributed by atoms with Crippen molar-refractivity contribution in [1.29, 1.82) is 0 Å². The first-order valence-corrected chi connectivity index (χ1v) is 8.35. The fourth-order valence-electron chi connectivity index (χ4n) is 4.21. The Morgan fingerprint density at radius 1 is 1.25 bits per heavy atom. The van der Waals surface area contributed by atoms with E-state index in [1.54, 1.807) is 12.4 Å². The zero-order chi connectivity index (χ0) is 16.6. The molecule has 24 heavy (non-hydrogen) atoms. The van der Waals surface area contributed by atoms with Gasteiger partial charge in [-0.05, 0) is 42.2 Å². The molecule has 5 heteroatoms. The zero-order valence-corrected chi connectivity index (χ0v) is 13.4. The van der Waals surface area contributed by atoms with Crippen LogP contribution < -0.4 is 5.73 Å². The molecule has 1 aromatic carbocycles. The molecule has 1 fully saturated rings. The van der Waals surface area contributed by atoms with E-state index in [1.165, 1.54) is 0 Å². The summed E-state index contributed by atoms with van der Waals surface area (Å²) >= 11 is 0. The largest absolute Gasteiger partial charge is 0.369 e. The average Bonchev–Trinajstić information content (AvgIpc) is 3.10. The van der Waals surface area contributed by atoms with E-state index in [9.17, 15) is 4.79 Å². The summed E-state index contributed by atoms with van der Waals surface area (Å²) in [5, 5.41) is 8.04. The lowest BCUT2D eigenvalue weighted by Crippen LogP contribution is -2.48. The zero-order valence-electron chi connectivity index (χ0n) is 13.4. The smallest absolute Gasteiger partial charge is 0.228 e. The number of nitrogens with two attached hydrogens (primary N) is 1. The van der Waals surface area contributed by atoms with Crippen molar-refractivity contribution in [1.82, 2.24) is 15.2 Å². The molecule has 2 aromatic heterocycles. The number of carbonyl (C=O) groups excluding carboxylic acids is 1. The minimum Gasteiger partial charge on any atom is -0.369 e. The number of H-pyrrole nitrogens is 1. The molecule has 2 atom stereocenters. The third kappa shape index (κ3) is 2.19. The number of nitrogens with zero attached hydrogens (tertiary/aromatic N) is 2. The summed E-state index contributed by atoms with van der Waals surface area (Å²) in [6.07, 6.45) is 9.23. The molecule has 0 bridgehead atoms. The van der Waals surface area contributed by atoms with Gasteiger partial charge in [-0.15, -0.1) is 0 Å². The summed E-state index contributed by atoms with van der Waals surface area (Å²) < 4.78 is 0. The van der Waals surface area contributed by atoms with E-state index in [4.69, 9.17) is 5.73 Å². The Morgan fingerprint density at radius 2 is 2.17 bits per heavy atom. The van der Waals surface area contributed by atoms with Gasteiger partial charge in [-0.25, -0.2) is 0 Å². The molecule has 1 amide bonds. The van der Waals surface area contributed by atoms with Crippen LogP contribution in [0.4, 0.5) is 0 Å². The molecule has 3 aromatic rings. The van der Waals surface area contributed by atoms with Gasteiger partial charge >= 0.3 is 0 Å². The molecule has 0 saturated heterocycles. The Bertz CT molecular complexity index is 873. The van der Waals surface area contributed by atoms with E-state index in [0.717, 1.165) is 47.7 Å². The molecule has 0 aliphatic heterocycles. The van der Waals surface area contributed by atoms with Gasteiger partial charge in [-0.1, -0.05) is 25.0 Å². The van der Waals surface area contributed by atoms with Gasteiger partial charge < -0.3 is 5.73 Å². The number of aromatic amines is 1. The van der Waals surface area contributed by atoms with Crippen molar-refractivity contribution < 1.29 is 4.79 Å². The monoisotopic (exact) mass is 320 g/mol. The predicted octanol–water partition coefficient (Wildman–Crippen LogP) is 3.04. The van der Waals surface area contributed by atoms with Crippen LogP contribution >= 0.6 is 0 Å². The van der Waals surface area contributed by atoms with Gasteiger partial charge in [0.2, 0.25) is 5.91 Å². The Hall–Kier alpha value is -2.69. The lowest BCUT2D eigenvalue weighted by molar-refractivity contribution is -0.125. The number of fused-ring (bicyclic) bond motifs is 1. The number of pyridine rings is 1. The third-order valence-corrected chi connectivity index (χ3v) is 5.39. The molecule has 1 saturated carbocycles. The average molecular weight is 320 g/mol. The van der Waals surface area contributed by atoms with E-state index >= 15 is 0 Å². The summed E-state index contributed by atoms with van der Waals surface area (Å²) in [4.78, 5) is 17.0. The summed E-state index contributed by atoms with van der Waals surface area (Å²) in [6.45, 7) is 0. The van der Waals surface area contributed by atoms with Gasteiger partial charge in [0.05, 0.1) is 17.1 Å². The van der Waals surface area contributed by atoms with Gasteiger partial charge in [0, 0.05) is 23.7 Å². The Balaban J connectivity index is 1.90. The molecule has 0 radical (unpaired) electrons. The van der Waals surface area contributed by atoms with E-state index in [0.29, 0.717) is 0 Å². The topological polar surface area (TPSA) is 84.7 Å². The minimum atomic E-state index is -0.688. The molecule has 122 valence electrons. The number of rotatable bonds is 3. The Morgan fingerprint density at radius 3 is 2.96 bits per heavy atom. The molecular formula is C19H20N4O. The highest BCUT2D eigenvalue weighted by molar-refractivity contribution is 5.90. The summed E-state index contributed by atoms with van der Waals surface area (Å²) in [7, 11) is 0. The van der Waals surface area contributed by atoms with E-state index in [1.807, 2.05) is 24.4 Å². The second-order valence-corrected chi connectivity index (χ2v) is 6.59. The number of aromatic nitrogens is 3. The standard InChI is InChI=1S/C19H20N4O/c20-18(24)19(15-6-7-17-14(10-15)12-22-23-17)8-2-1-5-16(19)13-4-3-9-21-11-13/h3-4,6-7,9-12,16H,1-2,5,8H2,(H2,20,24)(H,22,23). The summed E-state index contributed by atoms with van der Waals surface area (Å²) in [5.41, 5.74) is 8.35.